The summed E-state index contributed by atoms with van der Waals surface area (Å²) in [7, 11) is 1.69. The Balaban J connectivity index is 2.31. The van der Waals surface area contributed by atoms with Crippen LogP contribution < -0.4 is 10.5 Å². The monoisotopic (exact) mass is 256 g/mol. The number of aromatic nitrogens is 1. The van der Waals surface area contributed by atoms with Crippen LogP contribution in [0.15, 0.2) is 12.1 Å². The lowest BCUT2D eigenvalue weighted by atomic mass is 10.0. The Morgan fingerprint density at radius 3 is 2.74 bits per heavy atom. The van der Waals surface area contributed by atoms with Crippen molar-refractivity contribution in [1.29, 1.82) is 0 Å². The number of ether oxygens (including phenoxy) is 1. The number of fused-ring (bicyclic) bond motifs is 2. The van der Waals surface area contributed by atoms with Crippen LogP contribution in [-0.2, 0) is 12.8 Å². The minimum atomic E-state index is 0.854. The third kappa shape index (κ3) is 2.03. The molecule has 2 aromatic rings. The van der Waals surface area contributed by atoms with Crippen LogP contribution in [0.2, 0.25) is 0 Å². The molecule has 3 heteroatoms. The van der Waals surface area contributed by atoms with E-state index in [9.17, 15) is 0 Å². The zero-order valence-corrected chi connectivity index (χ0v) is 11.6. The van der Waals surface area contributed by atoms with Crippen molar-refractivity contribution in [3.63, 3.8) is 0 Å². The van der Waals surface area contributed by atoms with Gasteiger partial charge in [0, 0.05) is 16.8 Å². The predicted octanol–water partition coefficient (Wildman–Crippen LogP) is 3.40. The molecule has 2 N–H and O–H groups in total. The van der Waals surface area contributed by atoms with Crippen molar-refractivity contribution in [3.8, 4) is 5.75 Å². The molecule has 1 aromatic heterocycles. The first kappa shape index (κ1) is 12.3. The summed E-state index contributed by atoms with van der Waals surface area (Å²) in [5.41, 5.74) is 11.9. The molecule has 0 saturated heterocycles. The SMILES string of the molecule is COc1cc(C)c2nc3c(c(N)c2c1)CCCCC3. The standard InChI is InChI=1S/C16H20N2O/c1-10-8-11(19-2)9-13-15(17)12-6-4-3-5-7-14(12)18-16(10)13/h8-9H,3-7H2,1-2H3,(H2,17,18). The third-order valence-corrected chi connectivity index (χ3v) is 4.06. The predicted molar refractivity (Wildman–Crippen MR) is 78.7 cm³/mol. The fourth-order valence-corrected chi connectivity index (χ4v) is 3.00. The third-order valence-electron chi connectivity index (χ3n) is 4.06. The molecular formula is C16H20N2O. The van der Waals surface area contributed by atoms with Crippen molar-refractivity contribution in [2.75, 3.05) is 12.8 Å². The number of pyridine rings is 1. The van der Waals surface area contributed by atoms with Gasteiger partial charge in [0.1, 0.15) is 5.75 Å². The van der Waals surface area contributed by atoms with Gasteiger partial charge in [0.2, 0.25) is 0 Å². The Hall–Kier alpha value is -1.77. The van der Waals surface area contributed by atoms with E-state index in [2.05, 4.69) is 6.92 Å². The highest BCUT2D eigenvalue weighted by Crippen LogP contribution is 2.34. The smallest absolute Gasteiger partial charge is 0.119 e. The average Bonchev–Trinajstić information content (AvgIpc) is 2.65. The number of hydrogen-bond donors (Lipinski definition) is 1. The van der Waals surface area contributed by atoms with Crippen LogP contribution in [0.25, 0.3) is 10.9 Å². The van der Waals surface area contributed by atoms with Crippen LogP contribution in [0, 0.1) is 6.92 Å². The molecule has 0 radical (unpaired) electrons. The number of methoxy groups -OCH3 is 1. The lowest BCUT2D eigenvalue weighted by Gasteiger charge is -2.14. The van der Waals surface area contributed by atoms with Gasteiger partial charge in [0.25, 0.3) is 0 Å². The van der Waals surface area contributed by atoms with Crippen LogP contribution in [0.3, 0.4) is 0 Å². The fraction of sp³-hybridized carbons (Fsp3) is 0.438. The summed E-state index contributed by atoms with van der Waals surface area (Å²) in [6, 6.07) is 4.04. The van der Waals surface area contributed by atoms with E-state index in [1.165, 1.54) is 30.5 Å². The molecule has 1 heterocycles. The highest BCUT2D eigenvalue weighted by Gasteiger charge is 2.16. The van der Waals surface area contributed by atoms with E-state index >= 15 is 0 Å². The first-order chi connectivity index (χ1) is 9.20. The molecule has 0 amide bonds. The molecule has 0 atom stereocenters. The van der Waals surface area contributed by atoms with E-state index in [-0.39, 0.29) is 0 Å². The van der Waals surface area contributed by atoms with Crippen molar-refractivity contribution in [3.05, 3.63) is 29.0 Å². The summed E-state index contributed by atoms with van der Waals surface area (Å²) in [6.07, 6.45) is 5.82. The number of aryl methyl sites for hydroxylation is 2. The van der Waals surface area contributed by atoms with Gasteiger partial charge in [-0.05, 0) is 55.9 Å². The first-order valence-corrected chi connectivity index (χ1v) is 6.96. The van der Waals surface area contributed by atoms with Gasteiger partial charge >= 0.3 is 0 Å². The Kier molecular flexibility index (Phi) is 3.05. The molecule has 19 heavy (non-hydrogen) atoms. The van der Waals surface area contributed by atoms with Crippen molar-refractivity contribution < 1.29 is 4.74 Å². The average molecular weight is 256 g/mol. The van der Waals surface area contributed by atoms with Crippen molar-refractivity contribution in [1.82, 2.24) is 4.98 Å². The van der Waals surface area contributed by atoms with E-state index in [0.717, 1.165) is 40.7 Å². The summed E-state index contributed by atoms with van der Waals surface area (Å²) < 4.78 is 5.34. The minimum absolute atomic E-state index is 0.854. The maximum absolute atomic E-state index is 6.41. The van der Waals surface area contributed by atoms with Gasteiger partial charge in [0.05, 0.1) is 12.6 Å². The van der Waals surface area contributed by atoms with Crippen LogP contribution >= 0.6 is 0 Å². The second kappa shape index (κ2) is 4.72. The number of nitrogens with two attached hydrogens (primary N) is 1. The van der Waals surface area contributed by atoms with Gasteiger partial charge in [-0.1, -0.05) is 6.42 Å². The lowest BCUT2D eigenvalue weighted by Crippen LogP contribution is -2.04. The summed E-state index contributed by atoms with van der Waals surface area (Å²) in [5.74, 6) is 0.854. The highest BCUT2D eigenvalue weighted by atomic mass is 16.5. The maximum Gasteiger partial charge on any atom is 0.119 e. The Morgan fingerprint density at radius 1 is 1.16 bits per heavy atom. The molecule has 0 spiro atoms. The van der Waals surface area contributed by atoms with Gasteiger partial charge in [0.15, 0.2) is 0 Å². The van der Waals surface area contributed by atoms with E-state index in [1.54, 1.807) is 7.11 Å². The number of benzene rings is 1. The van der Waals surface area contributed by atoms with E-state index in [1.807, 2.05) is 12.1 Å². The van der Waals surface area contributed by atoms with Crippen LogP contribution in [-0.4, -0.2) is 12.1 Å². The lowest BCUT2D eigenvalue weighted by molar-refractivity contribution is 0.415. The fourth-order valence-electron chi connectivity index (χ4n) is 3.00. The molecule has 100 valence electrons. The van der Waals surface area contributed by atoms with Crippen molar-refractivity contribution in [2.45, 2.75) is 39.0 Å². The van der Waals surface area contributed by atoms with Gasteiger partial charge in [-0.2, -0.15) is 0 Å². The summed E-state index contributed by atoms with van der Waals surface area (Å²) in [4.78, 5) is 4.88. The number of nitrogen functional groups attached to an aromatic ring is 1. The number of nitrogens with zero attached hydrogens (tertiary/aromatic N) is 1. The van der Waals surface area contributed by atoms with Gasteiger partial charge in [-0.3, -0.25) is 4.98 Å². The zero-order valence-electron chi connectivity index (χ0n) is 11.6. The summed E-state index contributed by atoms with van der Waals surface area (Å²) in [5, 5.41) is 1.04. The topological polar surface area (TPSA) is 48.1 Å². The second-order valence-electron chi connectivity index (χ2n) is 5.35. The molecule has 3 rings (SSSR count). The Bertz CT molecular complexity index is 634. The van der Waals surface area contributed by atoms with E-state index in [0.29, 0.717) is 0 Å². The molecular weight excluding hydrogens is 236 g/mol. The molecule has 1 aromatic carbocycles. The van der Waals surface area contributed by atoms with Crippen LogP contribution in [0.5, 0.6) is 5.75 Å². The van der Waals surface area contributed by atoms with E-state index < -0.39 is 0 Å². The van der Waals surface area contributed by atoms with Crippen LogP contribution in [0.4, 0.5) is 5.69 Å². The largest absolute Gasteiger partial charge is 0.497 e. The first-order valence-electron chi connectivity index (χ1n) is 6.96. The van der Waals surface area contributed by atoms with Crippen molar-refractivity contribution >= 4 is 16.6 Å². The molecule has 0 unspecified atom stereocenters. The van der Waals surface area contributed by atoms with Crippen molar-refractivity contribution in [2.24, 2.45) is 0 Å². The highest BCUT2D eigenvalue weighted by molar-refractivity contribution is 5.95. The van der Waals surface area contributed by atoms with E-state index in [4.69, 9.17) is 15.5 Å². The summed E-state index contributed by atoms with van der Waals surface area (Å²) in [6.45, 7) is 2.07. The molecule has 1 aliphatic rings. The zero-order chi connectivity index (χ0) is 13.4. The minimum Gasteiger partial charge on any atom is -0.497 e. The number of hydrogen-bond acceptors (Lipinski definition) is 3. The quantitative estimate of drug-likeness (QED) is 0.795. The number of anilines is 1. The van der Waals surface area contributed by atoms with Crippen LogP contribution in [0.1, 0.15) is 36.1 Å². The molecule has 0 bridgehead atoms. The van der Waals surface area contributed by atoms with Gasteiger partial charge in [-0.25, -0.2) is 0 Å². The normalized spacial score (nSPS) is 15.1. The molecule has 0 fully saturated rings. The molecule has 3 nitrogen and oxygen atoms in total. The second-order valence-corrected chi connectivity index (χ2v) is 5.35. The van der Waals surface area contributed by atoms with Gasteiger partial charge < -0.3 is 10.5 Å². The Morgan fingerprint density at radius 2 is 1.95 bits per heavy atom. The Labute approximate surface area is 113 Å². The molecule has 0 saturated carbocycles. The maximum atomic E-state index is 6.41. The molecule has 1 aliphatic carbocycles. The van der Waals surface area contributed by atoms with Gasteiger partial charge in [-0.15, -0.1) is 0 Å². The molecule has 0 aliphatic heterocycles. The summed E-state index contributed by atoms with van der Waals surface area (Å²) >= 11 is 0. The number of rotatable bonds is 1.